The first-order valence-corrected chi connectivity index (χ1v) is 9.42. The SMILES string of the molecule is CCOC(=O)C1=C(C)NC(CO)=C(C(=O)NC)C1c1cccnc1SC. The quantitative estimate of drug-likeness (QED) is 0.508. The number of rotatable bonds is 6. The predicted molar refractivity (Wildman–Crippen MR) is 99.4 cm³/mol. The Bertz CT molecular complexity index is 773. The highest BCUT2D eigenvalue weighted by Gasteiger charge is 2.38. The van der Waals surface area contributed by atoms with Gasteiger partial charge in [0.15, 0.2) is 0 Å². The number of allylic oxidation sites excluding steroid dienone is 1. The van der Waals surface area contributed by atoms with Gasteiger partial charge in [0, 0.05) is 18.9 Å². The van der Waals surface area contributed by atoms with E-state index in [4.69, 9.17) is 4.74 Å². The van der Waals surface area contributed by atoms with Crippen LogP contribution in [0.4, 0.5) is 0 Å². The first-order valence-electron chi connectivity index (χ1n) is 8.19. The molecule has 26 heavy (non-hydrogen) atoms. The lowest BCUT2D eigenvalue weighted by Gasteiger charge is -2.31. The van der Waals surface area contributed by atoms with Gasteiger partial charge < -0.3 is 20.5 Å². The molecule has 1 aliphatic rings. The van der Waals surface area contributed by atoms with Crippen LogP contribution >= 0.6 is 11.8 Å². The third-order valence-electron chi connectivity index (χ3n) is 4.07. The number of pyridine rings is 1. The minimum absolute atomic E-state index is 0.219. The molecule has 140 valence electrons. The number of amides is 1. The Hall–Kier alpha value is -2.32. The summed E-state index contributed by atoms with van der Waals surface area (Å²) in [5, 5.41) is 16.1. The average molecular weight is 377 g/mol. The van der Waals surface area contributed by atoms with E-state index < -0.39 is 11.9 Å². The van der Waals surface area contributed by atoms with Crippen LogP contribution in [0.25, 0.3) is 0 Å². The molecule has 3 N–H and O–H groups in total. The third-order valence-corrected chi connectivity index (χ3v) is 4.80. The number of hydrogen-bond acceptors (Lipinski definition) is 7. The standard InChI is InChI=1S/C18H23N3O4S/c1-5-25-18(24)13-10(2)21-12(9-22)15(16(23)19-3)14(13)11-7-6-8-20-17(11)26-4/h6-8,14,21-22H,5,9H2,1-4H3,(H,19,23). The summed E-state index contributed by atoms with van der Waals surface area (Å²) in [7, 11) is 1.51. The van der Waals surface area contributed by atoms with Crippen LogP contribution in [-0.4, -0.2) is 48.5 Å². The van der Waals surface area contributed by atoms with Crippen LogP contribution in [0.2, 0.25) is 0 Å². The van der Waals surface area contributed by atoms with Gasteiger partial charge in [-0.05, 0) is 31.7 Å². The Kier molecular flexibility index (Phi) is 6.82. The van der Waals surface area contributed by atoms with Gasteiger partial charge in [0.2, 0.25) is 5.91 Å². The number of nitrogens with one attached hydrogen (secondary N) is 2. The van der Waals surface area contributed by atoms with E-state index >= 15 is 0 Å². The maximum atomic E-state index is 12.7. The smallest absolute Gasteiger partial charge is 0.336 e. The van der Waals surface area contributed by atoms with E-state index in [-0.39, 0.29) is 24.7 Å². The number of aliphatic hydroxyl groups is 1. The maximum absolute atomic E-state index is 12.7. The number of thioether (sulfide) groups is 1. The number of likely N-dealkylation sites (N-methyl/N-ethyl adjacent to an activating group) is 1. The number of nitrogens with zero attached hydrogens (tertiary/aromatic N) is 1. The Balaban J connectivity index is 2.76. The van der Waals surface area contributed by atoms with E-state index in [1.165, 1.54) is 18.8 Å². The van der Waals surface area contributed by atoms with Crippen LogP contribution in [0.5, 0.6) is 0 Å². The zero-order chi connectivity index (χ0) is 19.3. The van der Waals surface area contributed by atoms with Crippen molar-refractivity contribution in [1.29, 1.82) is 0 Å². The zero-order valence-electron chi connectivity index (χ0n) is 15.3. The topological polar surface area (TPSA) is 101 Å². The summed E-state index contributed by atoms with van der Waals surface area (Å²) >= 11 is 1.42. The Labute approximate surface area is 156 Å². The summed E-state index contributed by atoms with van der Waals surface area (Å²) in [6.45, 7) is 3.31. The molecule has 0 saturated carbocycles. The Morgan fingerprint density at radius 1 is 1.42 bits per heavy atom. The third kappa shape index (κ3) is 3.76. The highest BCUT2D eigenvalue weighted by Crippen LogP contribution is 2.41. The molecule has 0 radical (unpaired) electrons. The van der Waals surface area contributed by atoms with Crippen molar-refractivity contribution in [2.24, 2.45) is 0 Å². The number of ether oxygens (including phenoxy) is 1. The molecule has 0 fully saturated rings. The molecule has 7 nitrogen and oxygen atoms in total. The number of carbonyl (C=O) groups excluding carboxylic acids is 2. The largest absolute Gasteiger partial charge is 0.463 e. The summed E-state index contributed by atoms with van der Waals surface area (Å²) in [5.74, 6) is -1.57. The second-order valence-corrected chi connectivity index (χ2v) is 6.34. The number of dihydropyridines is 1. The van der Waals surface area contributed by atoms with Gasteiger partial charge in [0.25, 0.3) is 0 Å². The molecule has 0 aromatic carbocycles. The fourth-order valence-corrected chi connectivity index (χ4v) is 3.60. The molecule has 2 rings (SSSR count). The van der Waals surface area contributed by atoms with Gasteiger partial charge >= 0.3 is 5.97 Å². The fraction of sp³-hybridized carbons (Fsp3) is 0.389. The van der Waals surface area contributed by atoms with Crippen molar-refractivity contribution >= 4 is 23.6 Å². The lowest BCUT2D eigenvalue weighted by atomic mass is 9.80. The van der Waals surface area contributed by atoms with Crippen LogP contribution in [0.3, 0.4) is 0 Å². The van der Waals surface area contributed by atoms with Gasteiger partial charge in [-0.15, -0.1) is 11.8 Å². The molecule has 0 aliphatic carbocycles. The van der Waals surface area contributed by atoms with Crippen LogP contribution in [0.15, 0.2) is 45.9 Å². The van der Waals surface area contributed by atoms with Crippen molar-refractivity contribution in [3.8, 4) is 0 Å². The Morgan fingerprint density at radius 2 is 2.15 bits per heavy atom. The molecule has 1 atom stereocenters. The molecule has 1 unspecified atom stereocenters. The summed E-state index contributed by atoms with van der Waals surface area (Å²) in [6, 6.07) is 3.59. The average Bonchev–Trinajstić information content (AvgIpc) is 2.66. The molecule has 0 spiro atoms. The van der Waals surface area contributed by atoms with Crippen molar-refractivity contribution in [2.45, 2.75) is 24.8 Å². The van der Waals surface area contributed by atoms with E-state index in [2.05, 4.69) is 15.6 Å². The summed E-state index contributed by atoms with van der Waals surface area (Å²) in [6.07, 6.45) is 3.54. The van der Waals surface area contributed by atoms with Crippen molar-refractivity contribution < 1.29 is 19.4 Å². The summed E-state index contributed by atoms with van der Waals surface area (Å²) in [5.41, 5.74) is 2.24. The zero-order valence-corrected chi connectivity index (χ0v) is 16.1. The van der Waals surface area contributed by atoms with Crippen LogP contribution in [-0.2, 0) is 14.3 Å². The molecule has 0 saturated heterocycles. The monoisotopic (exact) mass is 377 g/mol. The van der Waals surface area contributed by atoms with Gasteiger partial charge in [-0.25, -0.2) is 9.78 Å². The first kappa shape index (κ1) is 20.0. The van der Waals surface area contributed by atoms with Gasteiger partial charge in [-0.2, -0.15) is 0 Å². The number of aromatic nitrogens is 1. The number of hydrogen-bond donors (Lipinski definition) is 3. The summed E-state index contributed by atoms with van der Waals surface area (Å²) in [4.78, 5) is 29.7. The van der Waals surface area contributed by atoms with Crippen molar-refractivity contribution in [3.63, 3.8) is 0 Å². The molecule has 8 heteroatoms. The number of aliphatic hydroxyl groups excluding tert-OH is 1. The van der Waals surface area contributed by atoms with E-state index in [1.807, 2.05) is 12.3 Å². The van der Waals surface area contributed by atoms with Crippen LogP contribution in [0, 0.1) is 0 Å². The normalized spacial score (nSPS) is 17.0. The second kappa shape index (κ2) is 8.86. The van der Waals surface area contributed by atoms with Crippen molar-refractivity contribution in [2.75, 3.05) is 26.5 Å². The maximum Gasteiger partial charge on any atom is 0.336 e. The molecule has 1 aliphatic heterocycles. The minimum atomic E-state index is -0.687. The molecular formula is C18H23N3O4S. The van der Waals surface area contributed by atoms with Gasteiger partial charge in [0.1, 0.15) is 0 Å². The van der Waals surface area contributed by atoms with Gasteiger partial charge in [0.05, 0.1) is 41.0 Å². The van der Waals surface area contributed by atoms with E-state index in [0.717, 1.165) is 0 Å². The molecule has 2 heterocycles. The summed E-state index contributed by atoms with van der Waals surface area (Å²) < 4.78 is 5.23. The highest BCUT2D eigenvalue weighted by atomic mass is 32.2. The van der Waals surface area contributed by atoms with Gasteiger partial charge in [-0.1, -0.05) is 6.07 Å². The predicted octanol–water partition coefficient (Wildman–Crippen LogP) is 1.32. The Morgan fingerprint density at radius 3 is 2.73 bits per heavy atom. The number of esters is 1. The lowest BCUT2D eigenvalue weighted by molar-refractivity contribution is -0.138. The van der Waals surface area contributed by atoms with Crippen LogP contribution in [0.1, 0.15) is 25.3 Å². The van der Waals surface area contributed by atoms with E-state index in [9.17, 15) is 14.7 Å². The minimum Gasteiger partial charge on any atom is -0.463 e. The molecule has 1 aromatic rings. The lowest BCUT2D eigenvalue weighted by Crippen LogP contribution is -2.37. The molecular weight excluding hydrogens is 354 g/mol. The van der Waals surface area contributed by atoms with Gasteiger partial charge in [-0.3, -0.25) is 4.79 Å². The first-order chi connectivity index (χ1) is 12.5. The van der Waals surface area contributed by atoms with Crippen molar-refractivity contribution in [1.82, 2.24) is 15.6 Å². The highest BCUT2D eigenvalue weighted by molar-refractivity contribution is 7.98. The van der Waals surface area contributed by atoms with Crippen LogP contribution < -0.4 is 10.6 Å². The molecule has 0 bridgehead atoms. The molecule has 1 aromatic heterocycles. The van der Waals surface area contributed by atoms with E-state index in [1.54, 1.807) is 26.1 Å². The second-order valence-electron chi connectivity index (χ2n) is 5.55. The van der Waals surface area contributed by atoms with E-state index in [0.29, 0.717) is 27.6 Å². The van der Waals surface area contributed by atoms with Crippen molar-refractivity contribution in [3.05, 3.63) is 46.4 Å². The number of carbonyl (C=O) groups is 2. The molecule has 1 amide bonds. The fourth-order valence-electron chi connectivity index (χ4n) is 3.01.